The van der Waals surface area contributed by atoms with E-state index < -0.39 is 5.91 Å². The Hall–Kier alpha value is -3.34. The Kier molecular flexibility index (Phi) is 4.72. The van der Waals surface area contributed by atoms with Gasteiger partial charge >= 0.3 is 0 Å². The molecule has 1 amide bonds. The SMILES string of the molecule is O=Cc1ccc(OCc2ccccc2)c(NC(=O)c2ccco2)c1. The normalized spacial score (nSPS) is 10.2. The predicted molar refractivity (Wildman–Crippen MR) is 89.3 cm³/mol. The van der Waals surface area contributed by atoms with Gasteiger partial charge in [0.2, 0.25) is 0 Å². The number of benzene rings is 2. The van der Waals surface area contributed by atoms with E-state index >= 15 is 0 Å². The van der Waals surface area contributed by atoms with Crippen LogP contribution in [0.3, 0.4) is 0 Å². The molecular weight excluding hydrogens is 306 g/mol. The number of hydrogen-bond donors (Lipinski definition) is 1. The molecule has 0 bridgehead atoms. The number of nitrogens with one attached hydrogen (secondary N) is 1. The fraction of sp³-hybridized carbons (Fsp3) is 0.0526. The van der Waals surface area contributed by atoms with Crippen molar-refractivity contribution in [3.8, 4) is 5.75 Å². The standard InChI is InChI=1S/C19H15NO4/c21-12-15-8-9-17(24-13-14-5-2-1-3-6-14)16(11-15)20-19(22)18-7-4-10-23-18/h1-12H,13H2,(H,20,22). The van der Waals surface area contributed by atoms with Crippen LogP contribution >= 0.6 is 0 Å². The van der Waals surface area contributed by atoms with E-state index in [1.807, 2.05) is 30.3 Å². The molecular formula is C19H15NO4. The average molecular weight is 321 g/mol. The first-order chi connectivity index (χ1) is 11.8. The Morgan fingerprint density at radius 2 is 1.92 bits per heavy atom. The minimum absolute atomic E-state index is 0.181. The van der Waals surface area contributed by atoms with Gasteiger partial charge in [0, 0.05) is 5.56 Å². The highest BCUT2D eigenvalue weighted by atomic mass is 16.5. The van der Waals surface area contributed by atoms with Crippen molar-refractivity contribution in [1.82, 2.24) is 0 Å². The van der Waals surface area contributed by atoms with Crippen LogP contribution in [0.4, 0.5) is 5.69 Å². The van der Waals surface area contributed by atoms with Gasteiger partial charge in [0.05, 0.1) is 12.0 Å². The first kappa shape index (κ1) is 15.6. The lowest BCUT2D eigenvalue weighted by atomic mass is 10.2. The second kappa shape index (κ2) is 7.28. The molecule has 24 heavy (non-hydrogen) atoms. The first-order valence-corrected chi connectivity index (χ1v) is 7.37. The number of amides is 1. The molecule has 0 unspecified atom stereocenters. The van der Waals surface area contributed by atoms with Crippen LogP contribution < -0.4 is 10.1 Å². The number of furan rings is 1. The van der Waals surface area contributed by atoms with E-state index in [0.29, 0.717) is 29.9 Å². The number of aldehydes is 1. The van der Waals surface area contributed by atoms with Crippen molar-refractivity contribution in [3.05, 3.63) is 83.8 Å². The van der Waals surface area contributed by atoms with Crippen LogP contribution in [-0.2, 0) is 6.61 Å². The molecule has 0 radical (unpaired) electrons. The van der Waals surface area contributed by atoms with E-state index in [-0.39, 0.29) is 5.76 Å². The van der Waals surface area contributed by atoms with Crippen LogP contribution in [0.25, 0.3) is 0 Å². The molecule has 3 aromatic rings. The van der Waals surface area contributed by atoms with Crippen molar-refractivity contribution in [2.24, 2.45) is 0 Å². The summed E-state index contributed by atoms with van der Waals surface area (Å²) in [6.07, 6.45) is 2.13. The molecule has 0 aliphatic rings. The lowest BCUT2D eigenvalue weighted by Crippen LogP contribution is -2.12. The molecule has 1 N–H and O–H groups in total. The summed E-state index contributed by atoms with van der Waals surface area (Å²) in [4.78, 5) is 23.1. The van der Waals surface area contributed by atoms with Gasteiger partial charge in [-0.15, -0.1) is 0 Å². The molecule has 0 aliphatic heterocycles. The van der Waals surface area contributed by atoms with Crippen LogP contribution in [-0.4, -0.2) is 12.2 Å². The third-order valence-corrected chi connectivity index (χ3v) is 3.37. The highest BCUT2D eigenvalue weighted by Crippen LogP contribution is 2.27. The fourth-order valence-electron chi connectivity index (χ4n) is 2.17. The second-order valence-electron chi connectivity index (χ2n) is 5.08. The van der Waals surface area contributed by atoms with Crippen LogP contribution in [0, 0.1) is 0 Å². The monoisotopic (exact) mass is 321 g/mol. The summed E-state index contributed by atoms with van der Waals surface area (Å²) >= 11 is 0. The van der Waals surface area contributed by atoms with Crippen molar-refractivity contribution in [1.29, 1.82) is 0 Å². The summed E-state index contributed by atoms with van der Waals surface area (Å²) in [7, 11) is 0. The molecule has 0 saturated carbocycles. The summed E-state index contributed by atoms with van der Waals surface area (Å²) < 4.78 is 10.9. The highest BCUT2D eigenvalue weighted by Gasteiger charge is 2.13. The summed E-state index contributed by atoms with van der Waals surface area (Å²) in [5.41, 5.74) is 1.86. The molecule has 0 aliphatic carbocycles. The largest absolute Gasteiger partial charge is 0.487 e. The van der Waals surface area contributed by atoms with Gasteiger partial charge in [-0.3, -0.25) is 9.59 Å². The molecule has 1 heterocycles. The third-order valence-electron chi connectivity index (χ3n) is 3.37. The van der Waals surface area contributed by atoms with E-state index in [9.17, 15) is 9.59 Å². The number of carbonyl (C=O) groups is 2. The molecule has 0 spiro atoms. The lowest BCUT2D eigenvalue weighted by molar-refractivity contribution is 0.0995. The van der Waals surface area contributed by atoms with Crippen LogP contribution in [0.1, 0.15) is 26.5 Å². The van der Waals surface area contributed by atoms with Gasteiger partial charge < -0.3 is 14.5 Å². The molecule has 0 saturated heterocycles. The summed E-state index contributed by atoms with van der Waals surface area (Å²) in [5.74, 6) is 0.248. The molecule has 1 aromatic heterocycles. The van der Waals surface area contributed by atoms with Gasteiger partial charge in [-0.2, -0.15) is 0 Å². The first-order valence-electron chi connectivity index (χ1n) is 7.37. The Labute approximate surface area is 138 Å². The number of ether oxygens (including phenoxy) is 1. The Morgan fingerprint density at radius 1 is 1.08 bits per heavy atom. The van der Waals surface area contributed by atoms with E-state index in [4.69, 9.17) is 9.15 Å². The van der Waals surface area contributed by atoms with Gasteiger partial charge in [-0.05, 0) is 35.9 Å². The van der Waals surface area contributed by atoms with E-state index in [1.54, 1.807) is 30.3 Å². The summed E-state index contributed by atoms with van der Waals surface area (Å²) in [6, 6.07) is 17.7. The van der Waals surface area contributed by atoms with E-state index in [1.165, 1.54) is 6.26 Å². The van der Waals surface area contributed by atoms with Crippen molar-refractivity contribution in [2.45, 2.75) is 6.61 Å². The van der Waals surface area contributed by atoms with Crippen molar-refractivity contribution >= 4 is 17.9 Å². The zero-order valence-corrected chi connectivity index (χ0v) is 12.8. The van der Waals surface area contributed by atoms with Crippen molar-refractivity contribution in [3.63, 3.8) is 0 Å². The van der Waals surface area contributed by atoms with Gasteiger partial charge in [-0.1, -0.05) is 30.3 Å². The Morgan fingerprint density at radius 3 is 2.62 bits per heavy atom. The molecule has 3 rings (SSSR count). The van der Waals surface area contributed by atoms with Gasteiger partial charge in [-0.25, -0.2) is 0 Å². The lowest BCUT2D eigenvalue weighted by Gasteiger charge is -2.12. The van der Waals surface area contributed by atoms with Gasteiger partial charge in [0.25, 0.3) is 5.91 Å². The molecule has 5 heteroatoms. The molecule has 0 fully saturated rings. The maximum absolute atomic E-state index is 12.2. The van der Waals surface area contributed by atoms with E-state index in [0.717, 1.165) is 5.56 Å². The predicted octanol–water partition coefficient (Wildman–Crippen LogP) is 3.92. The third kappa shape index (κ3) is 3.70. The second-order valence-corrected chi connectivity index (χ2v) is 5.08. The zero-order valence-electron chi connectivity index (χ0n) is 12.8. The quantitative estimate of drug-likeness (QED) is 0.699. The minimum atomic E-state index is -0.410. The Bertz CT molecular complexity index is 826. The Balaban J connectivity index is 1.80. The van der Waals surface area contributed by atoms with Crippen molar-refractivity contribution < 1.29 is 18.7 Å². The van der Waals surface area contributed by atoms with Crippen LogP contribution in [0.15, 0.2) is 71.3 Å². The zero-order chi connectivity index (χ0) is 16.8. The molecule has 120 valence electrons. The molecule has 5 nitrogen and oxygen atoms in total. The highest BCUT2D eigenvalue weighted by molar-refractivity contribution is 6.03. The summed E-state index contributed by atoms with van der Waals surface area (Å²) in [6.45, 7) is 0.352. The average Bonchev–Trinajstić information content (AvgIpc) is 3.16. The van der Waals surface area contributed by atoms with E-state index in [2.05, 4.69) is 5.32 Å². The van der Waals surface area contributed by atoms with Crippen molar-refractivity contribution in [2.75, 3.05) is 5.32 Å². The maximum atomic E-state index is 12.2. The fourth-order valence-corrected chi connectivity index (χ4v) is 2.17. The number of hydrogen-bond acceptors (Lipinski definition) is 4. The molecule has 2 aromatic carbocycles. The van der Waals surface area contributed by atoms with Gasteiger partial charge in [0.1, 0.15) is 18.6 Å². The number of anilines is 1. The van der Waals surface area contributed by atoms with Crippen LogP contribution in [0.5, 0.6) is 5.75 Å². The smallest absolute Gasteiger partial charge is 0.291 e. The maximum Gasteiger partial charge on any atom is 0.291 e. The number of carbonyl (C=O) groups excluding carboxylic acids is 2. The summed E-state index contributed by atoms with van der Waals surface area (Å²) in [5, 5.41) is 2.71. The molecule has 0 atom stereocenters. The topological polar surface area (TPSA) is 68.5 Å². The number of rotatable bonds is 6. The van der Waals surface area contributed by atoms with Crippen LogP contribution in [0.2, 0.25) is 0 Å². The van der Waals surface area contributed by atoms with Gasteiger partial charge in [0.15, 0.2) is 5.76 Å². The minimum Gasteiger partial charge on any atom is -0.487 e.